The summed E-state index contributed by atoms with van der Waals surface area (Å²) in [6.45, 7) is 8.17. The molecule has 2 rings (SSSR count). The lowest BCUT2D eigenvalue weighted by molar-refractivity contribution is 0.0508. The summed E-state index contributed by atoms with van der Waals surface area (Å²) in [5.74, 6) is 6.27. The van der Waals surface area contributed by atoms with E-state index in [-0.39, 0.29) is 6.04 Å². The summed E-state index contributed by atoms with van der Waals surface area (Å²) < 4.78 is 5.31. The van der Waals surface area contributed by atoms with Gasteiger partial charge in [0.15, 0.2) is 0 Å². The monoisotopic (exact) mass is 385 g/mol. The van der Waals surface area contributed by atoms with Gasteiger partial charge in [-0.1, -0.05) is 30.2 Å². The molecule has 1 unspecified atom stereocenters. The largest absolute Gasteiger partial charge is 0.444 e. The van der Waals surface area contributed by atoms with Gasteiger partial charge in [0, 0.05) is 0 Å². The highest BCUT2D eigenvalue weighted by molar-refractivity contribution is 7.13. The minimum absolute atomic E-state index is 0.144. The van der Waals surface area contributed by atoms with Gasteiger partial charge < -0.3 is 10.1 Å². The molecule has 1 aromatic carbocycles. The number of thiazole rings is 1. The molecule has 0 aliphatic rings. The molecule has 1 aromatic heterocycles. The van der Waals surface area contributed by atoms with E-state index < -0.39 is 11.7 Å². The van der Waals surface area contributed by atoms with E-state index in [1.165, 1.54) is 0 Å². The molecule has 144 valence electrons. The predicted molar refractivity (Wildman–Crippen MR) is 111 cm³/mol. The third-order valence-corrected chi connectivity index (χ3v) is 4.45. The Morgan fingerprint density at radius 2 is 1.96 bits per heavy atom. The van der Waals surface area contributed by atoms with Crippen molar-refractivity contribution in [3.05, 3.63) is 41.0 Å². The lowest BCUT2D eigenvalue weighted by atomic mass is 10.0. The molecule has 0 saturated heterocycles. The first-order chi connectivity index (χ1) is 12.7. The summed E-state index contributed by atoms with van der Waals surface area (Å²) in [6, 6.07) is 7.94. The summed E-state index contributed by atoms with van der Waals surface area (Å²) in [6.07, 6.45) is -0.417. The number of nitrogens with one attached hydrogen (secondary N) is 1. The minimum Gasteiger partial charge on any atom is -0.444 e. The molecule has 27 heavy (non-hydrogen) atoms. The van der Waals surface area contributed by atoms with Gasteiger partial charge in [-0.25, -0.2) is 9.78 Å². The van der Waals surface area contributed by atoms with Crippen LogP contribution in [0.2, 0.25) is 0 Å². The van der Waals surface area contributed by atoms with E-state index >= 15 is 0 Å². The molecule has 0 bridgehead atoms. The van der Waals surface area contributed by atoms with Crippen LogP contribution in [0.15, 0.2) is 29.8 Å². The van der Waals surface area contributed by atoms with Crippen molar-refractivity contribution in [3.63, 3.8) is 0 Å². The Morgan fingerprint density at radius 3 is 2.56 bits per heavy atom. The topological polar surface area (TPSA) is 54.5 Å². The molecule has 2 aromatic rings. The molecule has 0 spiro atoms. The van der Waals surface area contributed by atoms with Crippen molar-refractivity contribution in [3.8, 4) is 22.3 Å². The SMILES string of the molecule is CC(NC(=O)OC(C)(C)C)c1ccc(-c2scnc2C#CCN(C)C)cc1. The number of aromatic nitrogens is 1. The third kappa shape index (κ3) is 6.70. The van der Waals surface area contributed by atoms with Gasteiger partial charge in [0.05, 0.1) is 23.0 Å². The molecular formula is C21H27N3O2S. The van der Waals surface area contributed by atoms with Gasteiger partial charge in [-0.15, -0.1) is 11.3 Å². The zero-order chi connectivity index (χ0) is 20.0. The fourth-order valence-electron chi connectivity index (χ4n) is 2.31. The van der Waals surface area contributed by atoms with Gasteiger partial charge >= 0.3 is 6.09 Å². The van der Waals surface area contributed by atoms with Crippen molar-refractivity contribution < 1.29 is 9.53 Å². The normalized spacial score (nSPS) is 12.3. The van der Waals surface area contributed by atoms with Gasteiger partial charge in [0.2, 0.25) is 0 Å². The Kier molecular flexibility index (Phi) is 7.00. The lowest BCUT2D eigenvalue weighted by Crippen LogP contribution is -2.34. The molecule has 1 N–H and O–H groups in total. The fraction of sp³-hybridized carbons (Fsp3) is 0.429. The Labute approximate surface area is 165 Å². The Balaban J connectivity index is 2.08. The summed E-state index contributed by atoms with van der Waals surface area (Å²) in [7, 11) is 3.98. The van der Waals surface area contributed by atoms with E-state index in [4.69, 9.17) is 4.74 Å². The fourth-order valence-corrected chi connectivity index (χ4v) is 3.06. The summed E-state index contributed by atoms with van der Waals surface area (Å²) in [5, 5.41) is 2.86. The zero-order valence-electron chi connectivity index (χ0n) is 16.8. The maximum Gasteiger partial charge on any atom is 0.408 e. The van der Waals surface area contributed by atoms with Crippen LogP contribution in [0.25, 0.3) is 10.4 Å². The first-order valence-electron chi connectivity index (χ1n) is 8.82. The van der Waals surface area contributed by atoms with Crippen LogP contribution in [0.1, 0.15) is 45.0 Å². The van der Waals surface area contributed by atoms with E-state index in [0.717, 1.165) is 21.7 Å². The number of rotatable bonds is 4. The van der Waals surface area contributed by atoms with Gasteiger partial charge in [0.25, 0.3) is 0 Å². The number of carbonyl (C=O) groups excluding carboxylic acids is 1. The molecule has 1 heterocycles. The summed E-state index contributed by atoms with van der Waals surface area (Å²) in [4.78, 5) is 19.4. The molecule has 6 heteroatoms. The van der Waals surface area contributed by atoms with Crippen LogP contribution in [-0.2, 0) is 4.74 Å². The highest BCUT2D eigenvalue weighted by atomic mass is 32.1. The number of nitrogens with zero attached hydrogens (tertiary/aromatic N) is 2. The number of amides is 1. The summed E-state index contributed by atoms with van der Waals surface area (Å²) in [5.41, 5.74) is 4.18. The third-order valence-electron chi connectivity index (χ3n) is 3.58. The number of alkyl carbamates (subject to hydrolysis) is 1. The van der Waals surface area contributed by atoms with Crippen LogP contribution in [-0.4, -0.2) is 42.2 Å². The maximum absolute atomic E-state index is 11.9. The molecule has 0 aliphatic heterocycles. The smallest absolute Gasteiger partial charge is 0.408 e. The average Bonchev–Trinajstić information content (AvgIpc) is 3.01. The van der Waals surface area contributed by atoms with Crippen LogP contribution >= 0.6 is 11.3 Å². The van der Waals surface area contributed by atoms with Crippen molar-refractivity contribution in [1.29, 1.82) is 0 Å². The van der Waals surface area contributed by atoms with Gasteiger partial charge in [0.1, 0.15) is 11.3 Å². The maximum atomic E-state index is 11.9. The van der Waals surface area contributed by atoms with E-state index in [1.54, 1.807) is 11.3 Å². The van der Waals surface area contributed by atoms with Gasteiger partial charge in [-0.2, -0.15) is 0 Å². The standard InChI is InChI=1S/C21H27N3O2S/c1-15(23-20(25)26-21(2,3)4)16-9-11-17(12-10-16)19-18(22-14-27-19)8-7-13-24(5)6/h9-12,14-15H,13H2,1-6H3,(H,23,25). The predicted octanol–water partition coefficient (Wildman–Crippen LogP) is 4.31. The van der Waals surface area contributed by atoms with Crippen molar-refractivity contribution in [2.24, 2.45) is 0 Å². The highest BCUT2D eigenvalue weighted by Crippen LogP contribution is 2.28. The molecule has 0 fully saturated rings. The molecule has 1 atom stereocenters. The number of carbonyl (C=O) groups is 1. The molecule has 0 aliphatic carbocycles. The lowest BCUT2D eigenvalue weighted by Gasteiger charge is -2.22. The molecule has 1 amide bonds. The molecule has 0 saturated carbocycles. The molecule has 5 nitrogen and oxygen atoms in total. The molecular weight excluding hydrogens is 358 g/mol. The van der Waals surface area contributed by atoms with Gasteiger partial charge in [-0.05, 0) is 58.8 Å². The van der Waals surface area contributed by atoms with Crippen LogP contribution in [0.3, 0.4) is 0 Å². The van der Waals surface area contributed by atoms with E-state index in [0.29, 0.717) is 6.54 Å². The van der Waals surface area contributed by atoms with E-state index in [9.17, 15) is 4.79 Å². The van der Waals surface area contributed by atoms with Crippen molar-refractivity contribution in [1.82, 2.24) is 15.2 Å². The quantitative estimate of drug-likeness (QED) is 0.797. The highest BCUT2D eigenvalue weighted by Gasteiger charge is 2.18. The number of benzene rings is 1. The first-order valence-corrected chi connectivity index (χ1v) is 9.70. The van der Waals surface area contributed by atoms with E-state index in [1.807, 2.05) is 76.5 Å². The number of hydrogen-bond acceptors (Lipinski definition) is 5. The van der Waals surface area contributed by atoms with Crippen molar-refractivity contribution in [2.75, 3.05) is 20.6 Å². The second-order valence-electron chi connectivity index (χ2n) is 7.56. The van der Waals surface area contributed by atoms with Crippen LogP contribution < -0.4 is 5.32 Å². The van der Waals surface area contributed by atoms with E-state index in [2.05, 4.69) is 22.1 Å². The van der Waals surface area contributed by atoms with Crippen molar-refractivity contribution in [2.45, 2.75) is 39.3 Å². The minimum atomic E-state index is -0.510. The second kappa shape index (κ2) is 9.03. The van der Waals surface area contributed by atoms with Crippen LogP contribution in [0.4, 0.5) is 4.79 Å². The Hall–Kier alpha value is -2.36. The second-order valence-corrected chi connectivity index (χ2v) is 8.41. The average molecular weight is 386 g/mol. The van der Waals surface area contributed by atoms with Gasteiger partial charge in [-0.3, -0.25) is 4.90 Å². The number of hydrogen-bond donors (Lipinski definition) is 1. The zero-order valence-corrected chi connectivity index (χ0v) is 17.6. The Bertz CT molecular complexity index is 824. The first kappa shape index (κ1) is 20.9. The molecule has 0 radical (unpaired) electrons. The Morgan fingerprint density at radius 1 is 1.30 bits per heavy atom. The van der Waals surface area contributed by atoms with Crippen molar-refractivity contribution >= 4 is 17.4 Å². The number of ether oxygens (including phenoxy) is 1. The van der Waals surface area contributed by atoms with Crippen LogP contribution in [0, 0.1) is 11.8 Å². The van der Waals surface area contributed by atoms with Crippen LogP contribution in [0.5, 0.6) is 0 Å². The summed E-state index contributed by atoms with van der Waals surface area (Å²) >= 11 is 1.58.